The van der Waals surface area contributed by atoms with Crippen molar-refractivity contribution in [3.63, 3.8) is 0 Å². The molecule has 3 aromatic rings. The standard InChI is InChI=1S/C19H21N3O3S/c1-14-4-5-16(15(2)12-14)18-20-13-17(26-18)19(23)25-11-10-24-9-8-22-7-3-6-21-22/h3-7,12-13H,8-11H2,1-2H3. The maximum Gasteiger partial charge on any atom is 0.350 e. The van der Waals surface area contributed by atoms with E-state index < -0.39 is 0 Å². The van der Waals surface area contributed by atoms with Gasteiger partial charge in [0.2, 0.25) is 0 Å². The topological polar surface area (TPSA) is 66.2 Å². The number of benzene rings is 1. The van der Waals surface area contributed by atoms with Crippen LogP contribution in [0.2, 0.25) is 0 Å². The molecule has 26 heavy (non-hydrogen) atoms. The second kappa shape index (κ2) is 8.73. The average molecular weight is 371 g/mol. The van der Waals surface area contributed by atoms with E-state index in [1.165, 1.54) is 16.9 Å². The van der Waals surface area contributed by atoms with Crippen molar-refractivity contribution in [3.8, 4) is 10.6 Å². The van der Waals surface area contributed by atoms with Crippen molar-refractivity contribution in [2.75, 3.05) is 19.8 Å². The normalized spacial score (nSPS) is 10.8. The first kappa shape index (κ1) is 18.3. The van der Waals surface area contributed by atoms with Gasteiger partial charge in [-0.1, -0.05) is 23.8 Å². The van der Waals surface area contributed by atoms with Crippen molar-refractivity contribution in [1.82, 2.24) is 14.8 Å². The van der Waals surface area contributed by atoms with Crippen LogP contribution in [0.15, 0.2) is 42.9 Å². The molecule has 0 unspecified atom stereocenters. The van der Waals surface area contributed by atoms with Crippen LogP contribution < -0.4 is 0 Å². The number of aryl methyl sites for hydroxylation is 2. The number of nitrogens with zero attached hydrogens (tertiary/aromatic N) is 3. The third-order valence-electron chi connectivity index (χ3n) is 3.80. The lowest BCUT2D eigenvalue weighted by atomic mass is 10.1. The highest BCUT2D eigenvalue weighted by molar-refractivity contribution is 7.16. The van der Waals surface area contributed by atoms with Crippen molar-refractivity contribution in [2.45, 2.75) is 20.4 Å². The predicted octanol–water partition coefficient (Wildman–Crippen LogP) is 3.50. The van der Waals surface area contributed by atoms with Gasteiger partial charge in [-0.25, -0.2) is 9.78 Å². The highest BCUT2D eigenvalue weighted by Gasteiger charge is 2.14. The zero-order chi connectivity index (χ0) is 18.4. The number of rotatable bonds is 8. The molecule has 0 aliphatic carbocycles. The van der Waals surface area contributed by atoms with Gasteiger partial charge in [-0.3, -0.25) is 4.68 Å². The summed E-state index contributed by atoms with van der Waals surface area (Å²) in [7, 11) is 0. The van der Waals surface area contributed by atoms with Crippen LogP contribution in [0, 0.1) is 13.8 Å². The smallest absolute Gasteiger partial charge is 0.350 e. The molecule has 2 aromatic heterocycles. The molecule has 0 saturated heterocycles. The van der Waals surface area contributed by atoms with Gasteiger partial charge in [0.05, 0.1) is 26.0 Å². The zero-order valence-electron chi connectivity index (χ0n) is 14.8. The summed E-state index contributed by atoms with van der Waals surface area (Å²) in [4.78, 5) is 17.0. The van der Waals surface area contributed by atoms with E-state index in [2.05, 4.69) is 23.1 Å². The summed E-state index contributed by atoms with van der Waals surface area (Å²) < 4.78 is 12.5. The monoisotopic (exact) mass is 371 g/mol. The average Bonchev–Trinajstić information content (AvgIpc) is 3.29. The van der Waals surface area contributed by atoms with Gasteiger partial charge in [0, 0.05) is 18.0 Å². The second-order valence-electron chi connectivity index (χ2n) is 5.87. The van der Waals surface area contributed by atoms with Crippen molar-refractivity contribution in [1.29, 1.82) is 0 Å². The van der Waals surface area contributed by atoms with Gasteiger partial charge in [0.1, 0.15) is 16.5 Å². The minimum atomic E-state index is -0.366. The Morgan fingerprint density at radius 3 is 2.88 bits per heavy atom. The van der Waals surface area contributed by atoms with Gasteiger partial charge in [-0.15, -0.1) is 11.3 Å². The molecule has 0 fully saturated rings. The molecular formula is C19H21N3O3S. The number of carbonyl (C=O) groups is 1. The third kappa shape index (κ3) is 4.77. The Hall–Kier alpha value is -2.51. The molecule has 6 nitrogen and oxygen atoms in total. The van der Waals surface area contributed by atoms with Crippen molar-refractivity contribution < 1.29 is 14.3 Å². The molecule has 0 amide bonds. The molecule has 0 aliphatic rings. The van der Waals surface area contributed by atoms with Crippen LogP contribution in [0.4, 0.5) is 0 Å². The number of thiazole rings is 1. The summed E-state index contributed by atoms with van der Waals surface area (Å²) in [5.41, 5.74) is 3.39. The minimum absolute atomic E-state index is 0.217. The van der Waals surface area contributed by atoms with Gasteiger partial charge >= 0.3 is 5.97 Å². The van der Waals surface area contributed by atoms with Crippen LogP contribution in [0.1, 0.15) is 20.8 Å². The number of hydrogen-bond acceptors (Lipinski definition) is 6. The fourth-order valence-electron chi connectivity index (χ4n) is 2.50. The Labute approximate surface area is 156 Å². The van der Waals surface area contributed by atoms with E-state index in [4.69, 9.17) is 9.47 Å². The Bertz CT molecular complexity index is 859. The van der Waals surface area contributed by atoms with Crippen LogP contribution in [-0.2, 0) is 16.0 Å². The lowest BCUT2D eigenvalue weighted by Gasteiger charge is -2.05. The number of aromatic nitrogens is 3. The van der Waals surface area contributed by atoms with E-state index in [0.29, 0.717) is 24.6 Å². The van der Waals surface area contributed by atoms with Crippen molar-refractivity contribution in [3.05, 3.63) is 58.9 Å². The van der Waals surface area contributed by atoms with E-state index in [9.17, 15) is 4.79 Å². The van der Waals surface area contributed by atoms with Gasteiger partial charge in [-0.2, -0.15) is 5.10 Å². The van der Waals surface area contributed by atoms with E-state index >= 15 is 0 Å². The molecule has 3 rings (SSSR count). The number of carbonyl (C=O) groups excluding carboxylic acids is 1. The lowest BCUT2D eigenvalue weighted by molar-refractivity contribution is 0.0308. The first-order valence-corrected chi connectivity index (χ1v) is 9.21. The molecule has 0 saturated carbocycles. The summed E-state index contributed by atoms with van der Waals surface area (Å²) in [5.74, 6) is -0.366. The van der Waals surface area contributed by atoms with Crippen LogP contribution in [-0.4, -0.2) is 40.6 Å². The lowest BCUT2D eigenvalue weighted by Crippen LogP contribution is -2.12. The highest BCUT2D eigenvalue weighted by atomic mass is 32.1. The number of hydrogen-bond donors (Lipinski definition) is 0. The second-order valence-corrected chi connectivity index (χ2v) is 6.90. The van der Waals surface area contributed by atoms with E-state index in [0.717, 1.165) is 16.1 Å². The predicted molar refractivity (Wildman–Crippen MR) is 100 cm³/mol. The van der Waals surface area contributed by atoms with E-state index in [1.54, 1.807) is 17.1 Å². The molecule has 0 aliphatic heterocycles. The molecule has 0 N–H and O–H groups in total. The van der Waals surface area contributed by atoms with Gasteiger partial charge in [-0.05, 0) is 25.5 Å². The first-order valence-electron chi connectivity index (χ1n) is 8.39. The summed E-state index contributed by atoms with van der Waals surface area (Å²) in [6.07, 6.45) is 5.17. The maximum absolute atomic E-state index is 12.1. The van der Waals surface area contributed by atoms with Crippen molar-refractivity contribution in [2.24, 2.45) is 0 Å². The fraction of sp³-hybridized carbons (Fsp3) is 0.316. The molecular weight excluding hydrogens is 350 g/mol. The molecule has 0 radical (unpaired) electrons. The van der Waals surface area contributed by atoms with Crippen LogP contribution >= 0.6 is 11.3 Å². The molecule has 0 atom stereocenters. The largest absolute Gasteiger partial charge is 0.459 e. The third-order valence-corrected chi connectivity index (χ3v) is 4.81. The first-order chi connectivity index (χ1) is 12.6. The SMILES string of the molecule is Cc1ccc(-c2ncc(C(=O)OCCOCCn3cccn3)s2)c(C)c1. The maximum atomic E-state index is 12.1. The molecule has 0 spiro atoms. The van der Waals surface area contributed by atoms with Gasteiger partial charge < -0.3 is 9.47 Å². The Balaban J connectivity index is 1.44. The molecule has 1 aromatic carbocycles. The molecule has 7 heteroatoms. The van der Waals surface area contributed by atoms with E-state index in [1.807, 2.05) is 31.3 Å². The fourth-order valence-corrected chi connectivity index (χ4v) is 3.40. The summed E-state index contributed by atoms with van der Waals surface area (Å²) in [5, 5.41) is 4.91. The van der Waals surface area contributed by atoms with Crippen molar-refractivity contribution >= 4 is 17.3 Å². The molecule has 2 heterocycles. The summed E-state index contributed by atoms with van der Waals surface area (Å²) in [6.45, 7) is 5.87. The quantitative estimate of drug-likeness (QED) is 0.448. The van der Waals surface area contributed by atoms with Crippen LogP contribution in [0.25, 0.3) is 10.6 Å². The summed E-state index contributed by atoms with van der Waals surface area (Å²) in [6, 6.07) is 8.05. The summed E-state index contributed by atoms with van der Waals surface area (Å²) >= 11 is 1.34. The van der Waals surface area contributed by atoms with E-state index in [-0.39, 0.29) is 12.6 Å². The Morgan fingerprint density at radius 2 is 2.12 bits per heavy atom. The highest BCUT2D eigenvalue weighted by Crippen LogP contribution is 2.28. The number of ether oxygens (including phenoxy) is 2. The van der Waals surface area contributed by atoms with Gasteiger partial charge in [0.25, 0.3) is 0 Å². The minimum Gasteiger partial charge on any atom is -0.459 e. The Kier molecular flexibility index (Phi) is 6.14. The van der Waals surface area contributed by atoms with Crippen LogP contribution in [0.5, 0.6) is 0 Å². The molecule has 136 valence electrons. The molecule has 0 bridgehead atoms. The Morgan fingerprint density at radius 1 is 1.23 bits per heavy atom. The van der Waals surface area contributed by atoms with Crippen LogP contribution in [0.3, 0.4) is 0 Å². The van der Waals surface area contributed by atoms with Gasteiger partial charge in [0.15, 0.2) is 0 Å². The zero-order valence-corrected chi connectivity index (χ0v) is 15.7. The number of esters is 1.